The lowest BCUT2D eigenvalue weighted by molar-refractivity contribution is 0.0998. The molecule has 202 valence electrons. The highest BCUT2D eigenvalue weighted by Crippen LogP contribution is 2.35. The Labute approximate surface area is 233 Å². The summed E-state index contributed by atoms with van der Waals surface area (Å²) in [6.07, 6.45) is 2.85. The number of fused-ring (bicyclic) bond motifs is 2. The minimum atomic E-state index is -0.404. The fourth-order valence-corrected chi connectivity index (χ4v) is 6.18. The van der Waals surface area contributed by atoms with Gasteiger partial charge in [0.05, 0.1) is 35.6 Å². The standard InChI is InChI=1S/C30H33ClN6O2/c1-35-12-9-20(10-13-35)37-21(16-27(34-37)23-15-19(31)7-8-28(23)39-2)17-36-14-11-26-24(18-36)29(30(32)38)22-5-3-4-6-25(22)33-26/h3-8,15-16,20H,9-14,17-18H2,1-2H3,(H2,32,38). The van der Waals surface area contributed by atoms with Crippen LogP contribution in [0.5, 0.6) is 5.75 Å². The van der Waals surface area contributed by atoms with Gasteiger partial charge in [0, 0.05) is 53.3 Å². The first-order chi connectivity index (χ1) is 18.9. The van der Waals surface area contributed by atoms with E-state index in [1.807, 2.05) is 42.5 Å². The highest BCUT2D eigenvalue weighted by Gasteiger charge is 2.28. The minimum absolute atomic E-state index is 0.319. The van der Waals surface area contributed by atoms with Crippen molar-refractivity contribution >= 4 is 28.4 Å². The van der Waals surface area contributed by atoms with E-state index in [1.54, 1.807) is 7.11 Å². The van der Waals surface area contributed by atoms with E-state index in [0.29, 0.717) is 29.7 Å². The van der Waals surface area contributed by atoms with E-state index in [-0.39, 0.29) is 0 Å². The van der Waals surface area contributed by atoms with E-state index in [2.05, 4.69) is 27.6 Å². The number of para-hydroxylation sites is 1. The first kappa shape index (κ1) is 25.8. The van der Waals surface area contributed by atoms with E-state index < -0.39 is 5.91 Å². The van der Waals surface area contributed by atoms with Crippen LogP contribution in [0.25, 0.3) is 22.2 Å². The molecular formula is C30H33ClN6O2. The third kappa shape index (κ3) is 5.00. The molecule has 0 radical (unpaired) electrons. The third-order valence-electron chi connectivity index (χ3n) is 8.04. The fourth-order valence-electron chi connectivity index (χ4n) is 6.01. The molecule has 1 saturated heterocycles. The molecule has 1 fully saturated rings. The van der Waals surface area contributed by atoms with Crippen LogP contribution in [0.3, 0.4) is 0 Å². The van der Waals surface area contributed by atoms with Crippen LogP contribution >= 0.6 is 11.6 Å². The molecule has 2 aliphatic heterocycles. The monoisotopic (exact) mass is 544 g/mol. The van der Waals surface area contributed by atoms with Gasteiger partial charge in [-0.05, 0) is 63.3 Å². The van der Waals surface area contributed by atoms with E-state index in [4.69, 9.17) is 32.2 Å². The van der Waals surface area contributed by atoms with Crippen LogP contribution in [0.1, 0.15) is 46.2 Å². The summed E-state index contributed by atoms with van der Waals surface area (Å²) in [7, 11) is 3.84. The van der Waals surface area contributed by atoms with Crippen LogP contribution in [0.15, 0.2) is 48.5 Å². The molecule has 0 atom stereocenters. The normalized spacial score (nSPS) is 16.9. The number of nitrogens with two attached hydrogens (primary N) is 1. The molecule has 0 saturated carbocycles. The molecule has 2 aromatic carbocycles. The number of hydrogen-bond donors (Lipinski definition) is 1. The van der Waals surface area contributed by atoms with Crippen LogP contribution in [-0.2, 0) is 19.5 Å². The molecule has 2 N–H and O–H groups in total. The van der Waals surface area contributed by atoms with Crippen LogP contribution in [0.4, 0.5) is 0 Å². The van der Waals surface area contributed by atoms with Gasteiger partial charge in [-0.2, -0.15) is 5.10 Å². The van der Waals surface area contributed by atoms with Gasteiger partial charge in [-0.25, -0.2) is 0 Å². The number of carbonyl (C=O) groups is 1. The van der Waals surface area contributed by atoms with Crippen molar-refractivity contribution in [2.75, 3.05) is 33.8 Å². The number of piperidine rings is 1. The number of rotatable bonds is 6. The van der Waals surface area contributed by atoms with Crippen molar-refractivity contribution in [1.82, 2.24) is 24.6 Å². The molecule has 0 spiro atoms. The summed E-state index contributed by atoms with van der Waals surface area (Å²) < 4.78 is 7.86. The summed E-state index contributed by atoms with van der Waals surface area (Å²) >= 11 is 6.37. The lowest BCUT2D eigenvalue weighted by Crippen LogP contribution is -2.35. The summed E-state index contributed by atoms with van der Waals surface area (Å²) in [4.78, 5) is 22.2. The zero-order valence-electron chi connectivity index (χ0n) is 22.4. The summed E-state index contributed by atoms with van der Waals surface area (Å²) in [6.45, 7) is 4.23. The number of methoxy groups -OCH3 is 1. The second kappa shape index (κ2) is 10.6. The number of benzene rings is 2. The van der Waals surface area contributed by atoms with Gasteiger partial charge in [0.1, 0.15) is 5.75 Å². The van der Waals surface area contributed by atoms with Crippen LogP contribution in [0, 0.1) is 0 Å². The number of pyridine rings is 1. The number of amides is 1. The molecule has 0 aliphatic carbocycles. The second-order valence-electron chi connectivity index (χ2n) is 10.6. The van der Waals surface area contributed by atoms with E-state index in [0.717, 1.165) is 83.8 Å². The highest BCUT2D eigenvalue weighted by atomic mass is 35.5. The topological polar surface area (TPSA) is 89.5 Å². The van der Waals surface area contributed by atoms with E-state index in [1.165, 1.54) is 0 Å². The predicted molar refractivity (Wildman–Crippen MR) is 153 cm³/mol. The Bertz CT molecular complexity index is 1540. The van der Waals surface area contributed by atoms with Crippen molar-refractivity contribution in [3.63, 3.8) is 0 Å². The Kier molecular flexibility index (Phi) is 7.01. The molecule has 2 aromatic heterocycles. The number of likely N-dealkylation sites (tertiary alicyclic amines) is 1. The Morgan fingerprint density at radius 2 is 1.92 bits per heavy atom. The van der Waals surface area contributed by atoms with Crippen LogP contribution < -0.4 is 10.5 Å². The van der Waals surface area contributed by atoms with Gasteiger partial charge in [-0.15, -0.1) is 0 Å². The van der Waals surface area contributed by atoms with Gasteiger partial charge in [-0.1, -0.05) is 29.8 Å². The van der Waals surface area contributed by atoms with Gasteiger partial charge in [-0.3, -0.25) is 19.4 Å². The molecule has 39 heavy (non-hydrogen) atoms. The lowest BCUT2D eigenvalue weighted by Gasteiger charge is -2.32. The van der Waals surface area contributed by atoms with Gasteiger partial charge in [0.2, 0.25) is 5.91 Å². The van der Waals surface area contributed by atoms with Crippen LogP contribution in [0.2, 0.25) is 5.02 Å². The zero-order valence-corrected chi connectivity index (χ0v) is 23.1. The predicted octanol–water partition coefficient (Wildman–Crippen LogP) is 4.68. The maximum absolute atomic E-state index is 12.6. The van der Waals surface area contributed by atoms with Gasteiger partial charge >= 0.3 is 0 Å². The quantitative estimate of drug-likeness (QED) is 0.379. The Morgan fingerprint density at radius 1 is 1.13 bits per heavy atom. The van der Waals surface area contributed by atoms with Gasteiger partial charge in [0.25, 0.3) is 0 Å². The molecule has 8 nitrogen and oxygen atoms in total. The van der Waals surface area contributed by atoms with Crippen molar-refractivity contribution in [2.45, 2.75) is 38.4 Å². The number of hydrogen-bond acceptors (Lipinski definition) is 6. The Hall–Kier alpha value is -3.46. The summed E-state index contributed by atoms with van der Waals surface area (Å²) in [5.41, 5.74) is 12.1. The number of carbonyl (C=O) groups excluding carboxylic acids is 1. The van der Waals surface area contributed by atoms with E-state index in [9.17, 15) is 4.79 Å². The van der Waals surface area contributed by atoms with Crippen molar-refractivity contribution in [3.05, 3.63) is 76.1 Å². The number of ether oxygens (including phenoxy) is 1. The number of primary amides is 1. The lowest BCUT2D eigenvalue weighted by atomic mass is 9.95. The number of aromatic nitrogens is 3. The molecule has 6 rings (SSSR count). The molecule has 0 bridgehead atoms. The van der Waals surface area contributed by atoms with Gasteiger partial charge in [0.15, 0.2) is 0 Å². The first-order valence-corrected chi connectivity index (χ1v) is 13.8. The Morgan fingerprint density at radius 3 is 2.69 bits per heavy atom. The number of halogens is 1. The second-order valence-corrected chi connectivity index (χ2v) is 11.0. The summed E-state index contributed by atoms with van der Waals surface area (Å²) in [5, 5.41) is 6.58. The van der Waals surface area contributed by atoms with Crippen molar-refractivity contribution in [2.24, 2.45) is 5.73 Å². The smallest absolute Gasteiger partial charge is 0.249 e. The SMILES string of the molecule is COc1ccc(Cl)cc1-c1cc(CN2CCc3nc4ccccc4c(C(N)=O)c3C2)n(C2CCN(C)CC2)n1. The fraction of sp³-hybridized carbons (Fsp3) is 0.367. The molecular weight excluding hydrogens is 512 g/mol. The summed E-state index contributed by atoms with van der Waals surface area (Å²) in [5.74, 6) is 0.341. The molecule has 1 amide bonds. The molecule has 0 unspecified atom stereocenters. The third-order valence-corrected chi connectivity index (χ3v) is 8.28. The molecule has 2 aliphatic rings. The van der Waals surface area contributed by atoms with Crippen molar-refractivity contribution < 1.29 is 9.53 Å². The average molecular weight is 545 g/mol. The molecule has 4 heterocycles. The molecule has 4 aromatic rings. The average Bonchev–Trinajstić information content (AvgIpc) is 3.35. The van der Waals surface area contributed by atoms with Gasteiger partial charge < -0.3 is 15.4 Å². The maximum atomic E-state index is 12.6. The van der Waals surface area contributed by atoms with Crippen LogP contribution in [-0.4, -0.2) is 64.3 Å². The highest BCUT2D eigenvalue weighted by molar-refractivity contribution is 6.31. The first-order valence-electron chi connectivity index (χ1n) is 13.4. The number of nitrogens with zero attached hydrogens (tertiary/aromatic N) is 5. The summed E-state index contributed by atoms with van der Waals surface area (Å²) in [6, 6.07) is 15.9. The van der Waals surface area contributed by atoms with E-state index >= 15 is 0 Å². The largest absolute Gasteiger partial charge is 0.496 e. The Balaban J connectivity index is 1.37. The maximum Gasteiger partial charge on any atom is 0.249 e. The van der Waals surface area contributed by atoms with Crippen molar-refractivity contribution in [1.29, 1.82) is 0 Å². The minimum Gasteiger partial charge on any atom is -0.496 e. The zero-order chi connectivity index (χ0) is 27.1. The molecule has 9 heteroatoms. The van der Waals surface area contributed by atoms with Crippen molar-refractivity contribution in [3.8, 4) is 17.0 Å².